The molecule has 144 valence electrons. The molecule has 0 amide bonds. The number of rotatable bonds is 6. The first-order valence-electron chi connectivity index (χ1n) is 7.72. The summed E-state index contributed by atoms with van der Waals surface area (Å²) in [6.07, 6.45) is -2.55. The minimum atomic E-state index is -1.45. The van der Waals surface area contributed by atoms with Crippen molar-refractivity contribution in [1.82, 2.24) is 0 Å². The molecule has 1 heterocycles. The number of esters is 2. The number of halogens is 1. The summed E-state index contributed by atoms with van der Waals surface area (Å²) < 4.78 is 31.9. The molecule has 9 heteroatoms. The summed E-state index contributed by atoms with van der Waals surface area (Å²) in [5.74, 6) is -1.97. The first-order chi connectivity index (χ1) is 12.3. The van der Waals surface area contributed by atoms with E-state index in [0.29, 0.717) is 17.1 Å². The van der Waals surface area contributed by atoms with Gasteiger partial charge in [-0.2, -0.15) is 0 Å². The highest BCUT2D eigenvalue weighted by molar-refractivity contribution is 9.09. The Morgan fingerprint density at radius 2 is 1.50 bits per heavy atom. The quantitative estimate of drug-likeness (QED) is 0.496. The van der Waals surface area contributed by atoms with Gasteiger partial charge in [-0.25, -0.2) is 9.59 Å². The lowest BCUT2D eigenvalue weighted by molar-refractivity contribution is -0.192. The SMILES string of the molecule is COC(=O)[C@H]1OC(c2ccc(OC)c(OC)c2)([C@@H](C)Br)O[C@@H]1C(=O)OC. The molecule has 1 aliphatic heterocycles. The van der Waals surface area contributed by atoms with Crippen LogP contribution in [0.5, 0.6) is 11.5 Å². The molecule has 0 aromatic heterocycles. The Hall–Kier alpha value is -1.84. The van der Waals surface area contributed by atoms with Gasteiger partial charge in [-0.1, -0.05) is 15.9 Å². The summed E-state index contributed by atoms with van der Waals surface area (Å²) in [5.41, 5.74) is 0.528. The molecular weight excluding hydrogens is 412 g/mol. The molecule has 1 fully saturated rings. The van der Waals surface area contributed by atoms with Crippen LogP contribution in [0.3, 0.4) is 0 Å². The fourth-order valence-electron chi connectivity index (χ4n) is 2.71. The van der Waals surface area contributed by atoms with Crippen molar-refractivity contribution in [3.8, 4) is 11.5 Å². The molecule has 0 radical (unpaired) electrons. The average Bonchev–Trinajstić information content (AvgIpc) is 3.08. The van der Waals surface area contributed by atoms with E-state index >= 15 is 0 Å². The molecule has 3 atom stereocenters. The van der Waals surface area contributed by atoms with Crippen LogP contribution in [0.25, 0.3) is 0 Å². The highest BCUT2D eigenvalue weighted by atomic mass is 79.9. The summed E-state index contributed by atoms with van der Waals surface area (Å²) >= 11 is 3.45. The third kappa shape index (κ3) is 3.51. The minimum absolute atomic E-state index is 0.435. The Bertz CT molecular complexity index is 651. The van der Waals surface area contributed by atoms with Crippen LogP contribution < -0.4 is 9.47 Å². The zero-order chi connectivity index (χ0) is 19.5. The summed E-state index contributed by atoms with van der Waals surface area (Å²) in [4.78, 5) is 23.8. The minimum Gasteiger partial charge on any atom is -0.493 e. The Kier molecular flexibility index (Phi) is 6.48. The van der Waals surface area contributed by atoms with Gasteiger partial charge in [0.2, 0.25) is 5.79 Å². The van der Waals surface area contributed by atoms with E-state index < -0.39 is 34.8 Å². The molecule has 0 aliphatic carbocycles. The van der Waals surface area contributed by atoms with Gasteiger partial charge in [-0.3, -0.25) is 0 Å². The number of ether oxygens (including phenoxy) is 6. The second kappa shape index (κ2) is 8.24. The lowest BCUT2D eigenvalue weighted by Crippen LogP contribution is -2.38. The van der Waals surface area contributed by atoms with Gasteiger partial charge >= 0.3 is 11.9 Å². The number of carbonyl (C=O) groups excluding carboxylic acids is 2. The van der Waals surface area contributed by atoms with Crippen molar-refractivity contribution < 1.29 is 38.0 Å². The number of methoxy groups -OCH3 is 4. The average molecular weight is 433 g/mol. The van der Waals surface area contributed by atoms with Gasteiger partial charge in [0.25, 0.3) is 0 Å². The maximum Gasteiger partial charge on any atom is 0.338 e. The van der Waals surface area contributed by atoms with Crippen LogP contribution in [0.4, 0.5) is 0 Å². The fourth-order valence-corrected chi connectivity index (χ4v) is 3.19. The molecule has 1 aliphatic rings. The van der Waals surface area contributed by atoms with Crippen molar-refractivity contribution >= 4 is 27.9 Å². The third-order valence-electron chi connectivity index (χ3n) is 4.06. The zero-order valence-corrected chi connectivity index (χ0v) is 16.7. The molecule has 0 N–H and O–H groups in total. The molecular formula is C17H21BrO8. The van der Waals surface area contributed by atoms with Crippen LogP contribution in [0.1, 0.15) is 12.5 Å². The first kappa shape index (κ1) is 20.5. The van der Waals surface area contributed by atoms with Crippen molar-refractivity contribution in [2.45, 2.75) is 29.7 Å². The molecule has 2 rings (SSSR count). The van der Waals surface area contributed by atoms with E-state index in [9.17, 15) is 9.59 Å². The van der Waals surface area contributed by atoms with E-state index in [1.54, 1.807) is 25.1 Å². The van der Waals surface area contributed by atoms with Crippen LogP contribution in [-0.4, -0.2) is 57.4 Å². The van der Waals surface area contributed by atoms with Gasteiger partial charge in [0.1, 0.15) is 0 Å². The number of hydrogen-bond acceptors (Lipinski definition) is 8. The zero-order valence-electron chi connectivity index (χ0n) is 15.1. The van der Waals surface area contributed by atoms with Gasteiger partial charge in [0.05, 0.1) is 33.3 Å². The summed E-state index contributed by atoms with van der Waals surface area (Å²) in [6, 6.07) is 5.04. The van der Waals surface area contributed by atoms with Crippen molar-refractivity contribution in [1.29, 1.82) is 0 Å². The van der Waals surface area contributed by atoms with Gasteiger partial charge < -0.3 is 28.4 Å². The largest absolute Gasteiger partial charge is 0.493 e. The molecule has 0 saturated carbocycles. The first-order valence-corrected chi connectivity index (χ1v) is 8.64. The Labute approximate surface area is 159 Å². The van der Waals surface area contributed by atoms with Crippen LogP contribution in [-0.2, 0) is 34.3 Å². The standard InChI is InChI=1S/C17H21BrO8/c1-9(18)17(10-6-7-11(21-2)12(8-10)22-3)25-13(15(19)23-4)14(26-17)16(20)24-5/h6-9,13-14H,1-5H3/t9-,13+,14+/m1/s1. The van der Waals surface area contributed by atoms with Crippen molar-refractivity contribution in [2.24, 2.45) is 0 Å². The molecule has 1 aromatic carbocycles. The van der Waals surface area contributed by atoms with Gasteiger partial charge in [0.15, 0.2) is 23.7 Å². The number of benzene rings is 1. The number of hydrogen-bond donors (Lipinski definition) is 0. The Morgan fingerprint density at radius 1 is 1.00 bits per heavy atom. The molecule has 0 unspecified atom stereocenters. The van der Waals surface area contributed by atoms with Crippen molar-refractivity contribution in [3.63, 3.8) is 0 Å². The number of alkyl halides is 1. The van der Waals surface area contributed by atoms with Crippen molar-refractivity contribution in [3.05, 3.63) is 23.8 Å². The number of carbonyl (C=O) groups is 2. The summed E-state index contributed by atoms with van der Waals surface area (Å²) in [5, 5.41) is 0. The van der Waals surface area contributed by atoms with Crippen LogP contribution in [0.2, 0.25) is 0 Å². The van der Waals surface area contributed by atoms with Crippen LogP contribution >= 0.6 is 15.9 Å². The Balaban J connectivity index is 2.54. The predicted molar refractivity (Wildman–Crippen MR) is 93.4 cm³/mol. The molecule has 8 nitrogen and oxygen atoms in total. The van der Waals surface area contributed by atoms with Gasteiger partial charge in [0, 0.05) is 5.56 Å². The second-order valence-electron chi connectivity index (χ2n) is 5.48. The molecule has 26 heavy (non-hydrogen) atoms. The second-order valence-corrected chi connectivity index (χ2v) is 6.85. The summed E-state index contributed by atoms with van der Waals surface area (Å²) in [7, 11) is 5.42. The summed E-state index contributed by atoms with van der Waals surface area (Å²) in [6.45, 7) is 1.77. The van der Waals surface area contributed by atoms with Crippen LogP contribution in [0.15, 0.2) is 18.2 Å². The molecule has 0 bridgehead atoms. The van der Waals surface area contributed by atoms with E-state index in [-0.39, 0.29) is 0 Å². The van der Waals surface area contributed by atoms with E-state index in [2.05, 4.69) is 15.9 Å². The highest BCUT2D eigenvalue weighted by Gasteiger charge is 2.57. The predicted octanol–water partition coefficient (Wildman–Crippen LogP) is 1.77. The lowest BCUT2D eigenvalue weighted by atomic mass is 10.0. The van der Waals surface area contributed by atoms with E-state index in [0.717, 1.165) is 0 Å². The fraction of sp³-hybridized carbons (Fsp3) is 0.529. The maximum atomic E-state index is 12.1. The van der Waals surface area contributed by atoms with Crippen molar-refractivity contribution in [2.75, 3.05) is 28.4 Å². The molecule has 1 saturated heterocycles. The van der Waals surface area contributed by atoms with Crippen LogP contribution in [0, 0.1) is 0 Å². The lowest BCUT2D eigenvalue weighted by Gasteiger charge is -2.31. The van der Waals surface area contributed by atoms with E-state index in [1.165, 1.54) is 28.4 Å². The smallest absolute Gasteiger partial charge is 0.338 e. The monoisotopic (exact) mass is 432 g/mol. The Morgan fingerprint density at radius 3 is 1.88 bits per heavy atom. The topological polar surface area (TPSA) is 89.5 Å². The van der Waals surface area contributed by atoms with Gasteiger partial charge in [-0.05, 0) is 25.1 Å². The maximum absolute atomic E-state index is 12.1. The van der Waals surface area contributed by atoms with Gasteiger partial charge in [-0.15, -0.1) is 0 Å². The third-order valence-corrected chi connectivity index (χ3v) is 4.66. The molecule has 1 aromatic rings. The molecule has 0 spiro atoms. The van der Waals surface area contributed by atoms with E-state index in [1.807, 2.05) is 0 Å². The normalized spacial score (nSPS) is 22.4. The highest BCUT2D eigenvalue weighted by Crippen LogP contribution is 2.45. The van der Waals surface area contributed by atoms with E-state index in [4.69, 9.17) is 28.4 Å².